The number of anilines is 3. The number of carbonyl (C=O) groups excluding carboxylic acids is 2. The van der Waals surface area contributed by atoms with Crippen molar-refractivity contribution in [3.05, 3.63) is 207 Å². The number of nitrogen functional groups attached to an aromatic ring is 3. The maximum absolute atomic E-state index is 12.6. The molecule has 12 aromatic rings. The lowest BCUT2D eigenvalue weighted by Gasteiger charge is -2.31. The zero-order chi connectivity index (χ0) is 71.6. The highest BCUT2D eigenvalue weighted by Crippen LogP contribution is 2.40. The van der Waals surface area contributed by atoms with E-state index in [9.17, 15) is 18.0 Å². The van der Waals surface area contributed by atoms with Gasteiger partial charge in [0.2, 0.25) is 15.9 Å². The van der Waals surface area contributed by atoms with Gasteiger partial charge < -0.3 is 46.1 Å². The predicted octanol–water partition coefficient (Wildman–Crippen LogP) is 11.4. The third-order valence-electron chi connectivity index (χ3n) is 18.0. The number of piperidine rings is 2. The van der Waals surface area contributed by atoms with Crippen molar-refractivity contribution in [1.82, 2.24) is 78.3 Å². The summed E-state index contributed by atoms with van der Waals surface area (Å²) in [5, 5.41) is 17.7. The molecule has 3 saturated heterocycles. The van der Waals surface area contributed by atoms with Crippen LogP contribution in [0.3, 0.4) is 0 Å². The van der Waals surface area contributed by atoms with Crippen LogP contribution in [0.1, 0.15) is 50.2 Å². The molecule has 1 unspecified atom stereocenters. The summed E-state index contributed by atoms with van der Waals surface area (Å²) in [5.41, 5.74) is 25.4. The highest BCUT2D eigenvalue weighted by atomic mass is 32.2. The number of aromatic nitrogens is 12. The minimum atomic E-state index is -3.49. The molecule has 0 radical (unpaired) electrons. The number of fused-ring (bicyclic) bond motifs is 3. The van der Waals surface area contributed by atoms with Crippen LogP contribution in [0.2, 0.25) is 0 Å². The largest absolute Gasteiger partial charge is 0.457 e. The van der Waals surface area contributed by atoms with Crippen LogP contribution in [-0.4, -0.2) is 158 Å². The van der Waals surface area contributed by atoms with E-state index in [1.807, 2.05) is 203 Å². The maximum Gasteiger partial charge on any atom is 0.298 e. The van der Waals surface area contributed by atoms with Gasteiger partial charge in [0.15, 0.2) is 16.9 Å². The molecule has 26 nitrogen and oxygen atoms in total. The van der Waals surface area contributed by atoms with Crippen LogP contribution in [-0.2, 0) is 19.6 Å². The van der Waals surface area contributed by atoms with Gasteiger partial charge in [-0.25, -0.2) is 52.4 Å². The molecule has 103 heavy (non-hydrogen) atoms. The maximum atomic E-state index is 12.6. The van der Waals surface area contributed by atoms with Crippen molar-refractivity contribution >= 4 is 72.4 Å². The van der Waals surface area contributed by atoms with Gasteiger partial charge in [0.05, 0.1) is 34.3 Å². The number of hydrogen-bond acceptors (Lipinski definition) is 20. The number of nitrogens with zero attached hydrogens (tertiary/aromatic N) is 16. The highest BCUT2D eigenvalue weighted by molar-refractivity contribution is 7.92. The van der Waals surface area contributed by atoms with E-state index in [0.29, 0.717) is 96.9 Å². The third kappa shape index (κ3) is 15.7. The number of hydrogen-bond donors (Lipinski definition) is 3. The van der Waals surface area contributed by atoms with Gasteiger partial charge in [-0.15, -0.1) is 6.42 Å². The predicted molar refractivity (Wildman–Crippen MR) is 396 cm³/mol. The molecule has 6 aromatic heterocycles. The average Bonchev–Trinajstić information content (AvgIpc) is 1.63. The highest BCUT2D eigenvalue weighted by Gasteiger charge is 2.34. The second-order valence-electron chi connectivity index (χ2n) is 25.0. The monoisotopic (exact) mass is 1400 g/mol. The van der Waals surface area contributed by atoms with Crippen LogP contribution >= 0.6 is 0 Å². The van der Waals surface area contributed by atoms with Crippen molar-refractivity contribution in [2.24, 2.45) is 0 Å². The first-order chi connectivity index (χ1) is 50.1. The van der Waals surface area contributed by atoms with E-state index >= 15 is 0 Å². The number of benzene rings is 6. The topological polar surface area (TPSA) is 318 Å². The Labute approximate surface area is 594 Å². The van der Waals surface area contributed by atoms with Crippen LogP contribution in [0.25, 0.3) is 66.9 Å². The number of sulfonamides is 1. The molecule has 6 aromatic carbocycles. The number of ether oxygens (including phenoxy) is 3. The summed E-state index contributed by atoms with van der Waals surface area (Å²) in [5.74, 6) is 7.51. The molecule has 15 rings (SSSR count). The van der Waals surface area contributed by atoms with Crippen molar-refractivity contribution in [3.63, 3.8) is 0 Å². The first kappa shape index (κ1) is 69.1. The molecule has 3 aliphatic heterocycles. The van der Waals surface area contributed by atoms with Crippen LogP contribution < -0.4 is 31.4 Å². The van der Waals surface area contributed by atoms with Crippen molar-refractivity contribution in [1.29, 1.82) is 0 Å². The van der Waals surface area contributed by atoms with E-state index < -0.39 is 10.0 Å². The van der Waals surface area contributed by atoms with E-state index in [1.165, 1.54) is 23.3 Å². The van der Waals surface area contributed by atoms with Crippen molar-refractivity contribution < 1.29 is 32.2 Å². The molecule has 0 aliphatic carbocycles. The molecule has 2 amide bonds. The summed E-state index contributed by atoms with van der Waals surface area (Å²) in [6.45, 7) is 7.33. The van der Waals surface area contributed by atoms with Gasteiger partial charge in [-0.1, -0.05) is 67.3 Å². The van der Waals surface area contributed by atoms with Gasteiger partial charge in [0.1, 0.15) is 88.0 Å². The minimum Gasteiger partial charge on any atom is -0.457 e. The van der Waals surface area contributed by atoms with Crippen LogP contribution in [0.4, 0.5) is 17.5 Å². The summed E-state index contributed by atoms with van der Waals surface area (Å²) in [7, 11) is 0.465. The van der Waals surface area contributed by atoms with Crippen molar-refractivity contribution in [3.8, 4) is 80.6 Å². The molecule has 0 spiro atoms. The quantitative estimate of drug-likeness (QED) is 0.0563. The molecule has 0 bridgehead atoms. The molecule has 6 N–H and O–H groups in total. The number of rotatable bonds is 17. The Morgan fingerprint density at radius 1 is 0.505 bits per heavy atom. The van der Waals surface area contributed by atoms with Gasteiger partial charge in [0.25, 0.3) is 5.91 Å². The van der Waals surface area contributed by atoms with E-state index in [2.05, 4.69) is 42.4 Å². The Bertz CT molecular complexity index is 5170. The standard InChI is InChI=1S/C28H31N7O2.C25H22N6O2.C23H22N6O3S/c1-33(2)16-6-9-24(36)34-17-14-21(15-18-34)35-28-25(27(29)30-19-31-28)26(32-35)20-10-12-23(13-11-20)37-22-7-4-3-5-8-22;1-2-21(32)30-14-12-18(13-15-30)31-25-22(24(26)27-16-28-25)23(29-31)17-8-10-20(11-9-17)33-19-6-4-3-5-7-19;1-2-33(30,31)28-13-12-17(14-28)29-23-20(22(24)25-15-26-23)21(27-29)16-8-10-19(11-9-16)32-18-6-4-3-5-7-18/h3-13,19,21H,14-18H2,1-2H3,(H2,29,30,31);1,3-11,16,18H,12-15H2,(H2,26,27,28);2-11,15,17H,1,12-14H2,(H2,24,25,26)/b9-6+;;. The fourth-order valence-corrected chi connectivity index (χ4v) is 13.7. The number of nitrogens with two attached hydrogens (primary N) is 3. The number of carbonyl (C=O) groups is 2. The Kier molecular flexibility index (Phi) is 20.8. The fourth-order valence-electron chi connectivity index (χ4n) is 12.7. The summed E-state index contributed by atoms with van der Waals surface area (Å²) in [6, 6.07) is 51.8. The van der Waals surface area contributed by atoms with Crippen molar-refractivity contribution in [2.45, 2.75) is 50.2 Å². The number of likely N-dealkylation sites (tertiary alicyclic amines) is 2. The van der Waals surface area contributed by atoms with Gasteiger partial charge >= 0.3 is 0 Å². The zero-order valence-electron chi connectivity index (χ0n) is 56.7. The third-order valence-corrected chi connectivity index (χ3v) is 19.5. The van der Waals surface area contributed by atoms with Gasteiger partial charge in [-0.2, -0.15) is 19.6 Å². The lowest BCUT2D eigenvalue weighted by Crippen LogP contribution is -2.38. The number of para-hydroxylation sites is 3. The Morgan fingerprint density at radius 3 is 1.19 bits per heavy atom. The number of likely N-dealkylation sites (N-methyl/N-ethyl adjacent to an activating group) is 1. The number of amides is 2. The smallest absolute Gasteiger partial charge is 0.298 e. The lowest BCUT2D eigenvalue weighted by molar-refractivity contribution is -0.127. The lowest BCUT2D eigenvalue weighted by atomic mass is 10.1. The van der Waals surface area contributed by atoms with E-state index in [4.69, 9.17) is 53.1 Å². The second-order valence-corrected chi connectivity index (χ2v) is 26.9. The zero-order valence-corrected chi connectivity index (χ0v) is 57.5. The molecule has 27 heteroatoms. The Balaban J connectivity index is 0.000000138. The van der Waals surface area contributed by atoms with Crippen molar-refractivity contribution in [2.75, 3.05) is 77.1 Å². The molecular formula is C76H75N19O7S. The molecule has 1 atom stereocenters. The normalized spacial score (nSPS) is 15.2. The molecule has 0 saturated carbocycles. The van der Waals surface area contributed by atoms with E-state index in [-0.39, 0.29) is 29.9 Å². The Morgan fingerprint density at radius 2 is 0.845 bits per heavy atom. The molecule has 9 heterocycles. The Hall–Kier alpha value is -12.4. The van der Waals surface area contributed by atoms with Gasteiger partial charge in [0, 0.05) is 74.0 Å². The minimum absolute atomic E-state index is 0.0516. The van der Waals surface area contributed by atoms with Gasteiger partial charge in [-0.3, -0.25) is 9.59 Å². The summed E-state index contributed by atoms with van der Waals surface area (Å²) in [4.78, 5) is 56.0. The van der Waals surface area contributed by atoms with Crippen LogP contribution in [0.15, 0.2) is 207 Å². The van der Waals surface area contributed by atoms with Crippen LogP contribution in [0.5, 0.6) is 34.5 Å². The van der Waals surface area contributed by atoms with E-state index in [0.717, 1.165) is 105 Å². The molecule has 3 aliphatic rings. The summed E-state index contributed by atoms with van der Waals surface area (Å²) < 4.78 is 49.1. The second kappa shape index (κ2) is 31.0. The fraction of sp³-hybridized carbons (Fsp3) is 0.224. The summed E-state index contributed by atoms with van der Waals surface area (Å²) >= 11 is 0. The molecule has 522 valence electrons. The molecular weight excluding hydrogens is 1320 g/mol. The molecule has 3 fully saturated rings. The summed E-state index contributed by atoms with van der Waals surface area (Å²) in [6.07, 6.45) is 16.8. The van der Waals surface area contributed by atoms with Crippen LogP contribution in [0, 0.1) is 12.3 Å². The number of terminal acetylenes is 1. The van der Waals surface area contributed by atoms with E-state index in [1.54, 1.807) is 15.7 Å². The first-order valence-electron chi connectivity index (χ1n) is 33.5. The SMILES string of the molecule is C#CC(=O)N1CCC(n2nc(-c3ccc(Oc4ccccc4)cc3)c3c(N)ncnc32)CC1.C=CS(=O)(=O)N1CCC(n2nc(-c3ccc(Oc4ccccc4)cc3)c3c(N)ncnc32)C1.CN(C)C/C=C/C(=O)N1CCC(n2nc(-c3ccc(Oc4ccccc4)cc3)c3c(N)ncnc32)CC1. The average molecular weight is 1400 g/mol. The van der Waals surface area contributed by atoms with Gasteiger partial charge in [-0.05, 0) is 161 Å². The first-order valence-corrected chi connectivity index (χ1v) is 35.0.